The van der Waals surface area contributed by atoms with Gasteiger partial charge in [-0.25, -0.2) is 8.42 Å². The van der Waals surface area contributed by atoms with Crippen molar-refractivity contribution in [3.8, 4) is 0 Å². The number of nitrogens with zero attached hydrogens (tertiary/aromatic N) is 1. The van der Waals surface area contributed by atoms with Crippen LogP contribution in [0.5, 0.6) is 0 Å². The van der Waals surface area contributed by atoms with Crippen LogP contribution in [0.4, 0.5) is 17.1 Å². The van der Waals surface area contributed by atoms with Crippen molar-refractivity contribution < 1.29 is 13.3 Å². The predicted molar refractivity (Wildman–Crippen MR) is 80.9 cm³/mol. The Hall–Kier alpha value is -2.12. The SMILES string of the molecule is CS(=O)(=O)c1ccc(Nc2cccc(Cl)c2[N+](=O)[O-])cc1. The Morgan fingerprint density at radius 3 is 2.29 bits per heavy atom. The molecule has 0 heterocycles. The first kappa shape index (κ1) is 15.3. The average molecular weight is 327 g/mol. The number of nitro benzene ring substituents is 1. The summed E-state index contributed by atoms with van der Waals surface area (Å²) >= 11 is 5.81. The summed E-state index contributed by atoms with van der Waals surface area (Å²) in [6.07, 6.45) is 1.11. The van der Waals surface area contributed by atoms with Gasteiger partial charge in [-0.05, 0) is 36.4 Å². The molecular weight excluding hydrogens is 316 g/mol. The van der Waals surface area contributed by atoms with Crippen LogP contribution in [0.15, 0.2) is 47.4 Å². The van der Waals surface area contributed by atoms with E-state index in [0.717, 1.165) is 6.26 Å². The topological polar surface area (TPSA) is 89.3 Å². The normalized spacial score (nSPS) is 11.1. The van der Waals surface area contributed by atoms with Crippen molar-refractivity contribution in [1.29, 1.82) is 0 Å². The van der Waals surface area contributed by atoms with Crippen LogP contribution in [0.2, 0.25) is 5.02 Å². The molecule has 0 bridgehead atoms. The largest absolute Gasteiger partial charge is 0.350 e. The van der Waals surface area contributed by atoms with Crippen LogP contribution in [0.1, 0.15) is 0 Å². The third-order valence-electron chi connectivity index (χ3n) is 2.73. The molecule has 0 aliphatic heterocycles. The highest BCUT2D eigenvalue weighted by Crippen LogP contribution is 2.34. The summed E-state index contributed by atoms with van der Waals surface area (Å²) in [6.45, 7) is 0. The van der Waals surface area contributed by atoms with E-state index in [-0.39, 0.29) is 21.3 Å². The van der Waals surface area contributed by atoms with Gasteiger partial charge in [0.25, 0.3) is 0 Å². The Morgan fingerprint density at radius 2 is 1.76 bits per heavy atom. The molecule has 6 nitrogen and oxygen atoms in total. The Balaban J connectivity index is 2.35. The Kier molecular flexibility index (Phi) is 4.15. The van der Waals surface area contributed by atoms with Gasteiger partial charge in [0.15, 0.2) is 9.84 Å². The molecule has 8 heteroatoms. The van der Waals surface area contributed by atoms with E-state index in [4.69, 9.17) is 11.6 Å². The highest BCUT2D eigenvalue weighted by atomic mass is 35.5. The minimum Gasteiger partial charge on any atom is -0.350 e. The van der Waals surface area contributed by atoms with Crippen molar-refractivity contribution in [2.45, 2.75) is 4.90 Å². The second-order valence-electron chi connectivity index (χ2n) is 4.31. The number of nitrogens with one attached hydrogen (secondary N) is 1. The van der Waals surface area contributed by atoms with Gasteiger partial charge >= 0.3 is 5.69 Å². The fraction of sp³-hybridized carbons (Fsp3) is 0.0769. The lowest BCUT2D eigenvalue weighted by Crippen LogP contribution is -1.99. The highest BCUT2D eigenvalue weighted by Gasteiger charge is 2.18. The fourth-order valence-corrected chi connectivity index (χ4v) is 2.62. The van der Waals surface area contributed by atoms with Gasteiger partial charge in [0.2, 0.25) is 0 Å². The summed E-state index contributed by atoms with van der Waals surface area (Å²) in [7, 11) is -3.28. The standard InChI is InChI=1S/C13H11ClN2O4S/c1-21(19,20)10-7-5-9(6-8-10)15-12-4-2-3-11(14)13(12)16(17)18/h2-8,15H,1H3. The van der Waals surface area contributed by atoms with Crippen molar-refractivity contribution >= 4 is 38.5 Å². The number of hydrogen-bond acceptors (Lipinski definition) is 5. The molecule has 0 aromatic heterocycles. The molecule has 110 valence electrons. The van der Waals surface area contributed by atoms with Crippen molar-refractivity contribution in [1.82, 2.24) is 0 Å². The zero-order valence-corrected chi connectivity index (χ0v) is 12.5. The zero-order chi connectivity index (χ0) is 15.6. The van der Waals surface area contributed by atoms with E-state index >= 15 is 0 Å². The number of anilines is 2. The molecule has 2 aromatic carbocycles. The van der Waals surface area contributed by atoms with Crippen LogP contribution < -0.4 is 5.32 Å². The molecule has 0 spiro atoms. The van der Waals surface area contributed by atoms with Crippen molar-refractivity contribution in [3.05, 3.63) is 57.6 Å². The molecule has 0 saturated carbocycles. The molecule has 0 aliphatic carbocycles. The van der Waals surface area contributed by atoms with Crippen LogP contribution in [0.25, 0.3) is 0 Å². The monoisotopic (exact) mass is 326 g/mol. The summed E-state index contributed by atoms with van der Waals surface area (Å²) in [6, 6.07) is 10.4. The summed E-state index contributed by atoms with van der Waals surface area (Å²) in [5.74, 6) is 0. The van der Waals surface area contributed by atoms with E-state index in [1.54, 1.807) is 6.07 Å². The van der Waals surface area contributed by atoms with E-state index in [1.807, 2.05) is 0 Å². The first-order chi connectivity index (χ1) is 9.79. The van der Waals surface area contributed by atoms with Crippen LogP contribution >= 0.6 is 11.6 Å². The number of hydrogen-bond donors (Lipinski definition) is 1. The molecule has 0 fully saturated rings. The number of halogens is 1. The summed E-state index contributed by atoms with van der Waals surface area (Å²) in [4.78, 5) is 10.6. The third-order valence-corrected chi connectivity index (χ3v) is 4.16. The molecule has 0 radical (unpaired) electrons. The van der Waals surface area contributed by atoms with Gasteiger partial charge in [-0.2, -0.15) is 0 Å². The molecule has 0 atom stereocenters. The first-order valence-electron chi connectivity index (χ1n) is 5.79. The van der Waals surface area contributed by atoms with E-state index in [0.29, 0.717) is 5.69 Å². The van der Waals surface area contributed by atoms with Gasteiger partial charge in [-0.3, -0.25) is 10.1 Å². The molecule has 21 heavy (non-hydrogen) atoms. The molecular formula is C13H11ClN2O4S. The molecule has 1 N–H and O–H groups in total. The maximum absolute atomic E-state index is 11.4. The quantitative estimate of drug-likeness (QED) is 0.687. The maximum atomic E-state index is 11.4. The summed E-state index contributed by atoms with van der Waals surface area (Å²) in [5.41, 5.74) is 0.527. The Labute approximate surface area is 126 Å². The number of sulfone groups is 1. The first-order valence-corrected chi connectivity index (χ1v) is 8.06. The van der Waals surface area contributed by atoms with Gasteiger partial charge in [0.05, 0.1) is 9.82 Å². The van der Waals surface area contributed by atoms with Gasteiger partial charge in [-0.1, -0.05) is 17.7 Å². The van der Waals surface area contributed by atoms with Gasteiger partial charge < -0.3 is 5.32 Å². The van der Waals surface area contributed by atoms with Crippen molar-refractivity contribution in [2.24, 2.45) is 0 Å². The predicted octanol–water partition coefficient (Wildman–Crippen LogP) is 3.40. The van der Waals surface area contributed by atoms with Crippen molar-refractivity contribution in [3.63, 3.8) is 0 Å². The number of nitro groups is 1. The third kappa shape index (κ3) is 3.50. The minimum atomic E-state index is -3.28. The lowest BCUT2D eigenvalue weighted by molar-refractivity contribution is -0.383. The van der Waals surface area contributed by atoms with Gasteiger partial charge in [-0.15, -0.1) is 0 Å². The second kappa shape index (κ2) is 5.71. The zero-order valence-electron chi connectivity index (χ0n) is 10.9. The Bertz CT molecular complexity index is 788. The molecule has 0 amide bonds. The molecule has 2 rings (SSSR count). The van der Waals surface area contributed by atoms with E-state index in [1.165, 1.54) is 36.4 Å². The van der Waals surface area contributed by atoms with E-state index in [2.05, 4.69) is 5.32 Å². The van der Waals surface area contributed by atoms with Crippen LogP contribution in [0.3, 0.4) is 0 Å². The summed E-state index contributed by atoms with van der Waals surface area (Å²) < 4.78 is 22.7. The number of benzene rings is 2. The van der Waals surface area contributed by atoms with Crippen LogP contribution in [0, 0.1) is 10.1 Å². The highest BCUT2D eigenvalue weighted by molar-refractivity contribution is 7.90. The maximum Gasteiger partial charge on any atom is 0.311 e. The van der Waals surface area contributed by atoms with Crippen molar-refractivity contribution in [2.75, 3.05) is 11.6 Å². The minimum absolute atomic E-state index is 0.0257. The molecule has 2 aromatic rings. The van der Waals surface area contributed by atoms with Crippen LogP contribution in [-0.2, 0) is 9.84 Å². The van der Waals surface area contributed by atoms with E-state index in [9.17, 15) is 18.5 Å². The molecule has 0 unspecified atom stereocenters. The fourth-order valence-electron chi connectivity index (χ4n) is 1.74. The van der Waals surface area contributed by atoms with E-state index < -0.39 is 14.8 Å². The average Bonchev–Trinajstić information content (AvgIpc) is 2.38. The van der Waals surface area contributed by atoms with Crippen LogP contribution in [-0.4, -0.2) is 19.6 Å². The Morgan fingerprint density at radius 1 is 1.14 bits per heavy atom. The summed E-state index contributed by atoms with van der Waals surface area (Å²) in [5, 5.41) is 13.9. The molecule has 0 aliphatic rings. The number of rotatable bonds is 4. The lowest BCUT2D eigenvalue weighted by atomic mass is 10.2. The molecule has 0 saturated heterocycles. The van der Waals surface area contributed by atoms with Gasteiger partial charge in [0, 0.05) is 11.9 Å². The number of para-hydroxylation sites is 1. The van der Waals surface area contributed by atoms with Gasteiger partial charge in [0.1, 0.15) is 10.7 Å². The lowest BCUT2D eigenvalue weighted by Gasteiger charge is -2.08. The second-order valence-corrected chi connectivity index (χ2v) is 6.74. The smallest absolute Gasteiger partial charge is 0.311 e.